The van der Waals surface area contributed by atoms with E-state index in [0.717, 1.165) is 29.0 Å². The van der Waals surface area contributed by atoms with Crippen LogP contribution in [0.3, 0.4) is 0 Å². The maximum absolute atomic E-state index is 5.73. The maximum Gasteiger partial charge on any atom is 0.151 e. The number of nitrogens with zero attached hydrogens (tertiary/aromatic N) is 1. The number of benzene rings is 3. The van der Waals surface area contributed by atoms with E-state index in [2.05, 4.69) is 60.6 Å². The minimum Gasteiger partial charge on any atom is -0.490 e. The van der Waals surface area contributed by atoms with E-state index in [-0.39, 0.29) is 0 Å². The average molecular weight is 359 g/mol. The monoisotopic (exact) mass is 359 g/mol. The summed E-state index contributed by atoms with van der Waals surface area (Å²) in [6.07, 6.45) is 0.809. The molecule has 0 radical (unpaired) electrons. The number of para-hydroxylation sites is 1. The Balaban J connectivity index is 1.55. The van der Waals surface area contributed by atoms with Gasteiger partial charge >= 0.3 is 0 Å². The Kier molecular flexibility index (Phi) is 6.64. The number of oxime groups is 1. The summed E-state index contributed by atoms with van der Waals surface area (Å²) in [5, 5.41) is 4.31. The van der Waals surface area contributed by atoms with E-state index in [1.165, 1.54) is 11.1 Å². The summed E-state index contributed by atoms with van der Waals surface area (Å²) in [7, 11) is 0. The van der Waals surface area contributed by atoms with E-state index >= 15 is 0 Å². The highest BCUT2D eigenvalue weighted by atomic mass is 16.6. The molecule has 0 fully saturated rings. The second-order valence-electron chi connectivity index (χ2n) is 6.28. The zero-order chi connectivity index (χ0) is 18.9. The summed E-state index contributed by atoms with van der Waals surface area (Å²) >= 11 is 0. The molecule has 27 heavy (non-hydrogen) atoms. The van der Waals surface area contributed by atoms with Gasteiger partial charge in [0.05, 0.1) is 5.71 Å². The van der Waals surface area contributed by atoms with Crippen LogP contribution in [0.25, 0.3) is 11.1 Å². The van der Waals surface area contributed by atoms with Gasteiger partial charge in [0.2, 0.25) is 0 Å². The van der Waals surface area contributed by atoms with Crippen LogP contribution in [-0.2, 0) is 4.84 Å². The average Bonchev–Trinajstić information content (AvgIpc) is 2.73. The van der Waals surface area contributed by atoms with Crippen LogP contribution < -0.4 is 4.74 Å². The van der Waals surface area contributed by atoms with Crippen molar-refractivity contribution in [1.29, 1.82) is 0 Å². The van der Waals surface area contributed by atoms with Gasteiger partial charge in [-0.05, 0) is 41.7 Å². The van der Waals surface area contributed by atoms with Crippen LogP contribution in [0.5, 0.6) is 5.75 Å². The summed E-state index contributed by atoms with van der Waals surface area (Å²) in [5.41, 5.74) is 5.54. The molecule has 3 heteroatoms. The predicted molar refractivity (Wildman–Crippen MR) is 111 cm³/mol. The van der Waals surface area contributed by atoms with Crippen molar-refractivity contribution in [2.24, 2.45) is 5.16 Å². The SMILES string of the molecule is CC/C(=N\OCCOc1ccccc1C)c1ccc(-c2ccccc2)cc1. The molecule has 0 aromatic heterocycles. The molecule has 0 saturated heterocycles. The van der Waals surface area contributed by atoms with Gasteiger partial charge in [0, 0.05) is 0 Å². The molecule has 0 aliphatic carbocycles. The van der Waals surface area contributed by atoms with Crippen LogP contribution in [0.1, 0.15) is 24.5 Å². The molecule has 0 saturated carbocycles. The fourth-order valence-electron chi connectivity index (χ4n) is 2.84. The normalized spacial score (nSPS) is 11.3. The predicted octanol–water partition coefficient (Wildman–Crippen LogP) is 5.87. The Hall–Kier alpha value is -3.07. The Morgan fingerprint density at radius 2 is 1.44 bits per heavy atom. The highest BCUT2D eigenvalue weighted by Crippen LogP contribution is 2.20. The van der Waals surface area contributed by atoms with E-state index in [9.17, 15) is 0 Å². The van der Waals surface area contributed by atoms with Crippen molar-refractivity contribution in [3.63, 3.8) is 0 Å². The fraction of sp³-hybridized carbons (Fsp3) is 0.208. The lowest BCUT2D eigenvalue weighted by Gasteiger charge is -2.09. The fourth-order valence-corrected chi connectivity index (χ4v) is 2.84. The van der Waals surface area contributed by atoms with Crippen molar-refractivity contribution in [2.75, 3.05) is 13.2 Å². The molecule has 138 valence electrons. The van der Waals surface area contributed by atoms with Gasteiger partial charge in [0.1, 0.15) is 12.4 Å². The molecule has 0 N–H and O–H groups in total. The number of aryl methyl sites for hydroxylation is 1. The zero-order valence-electron chi connectivity index (χ0n) is 15.9. The minimum atomic E-state index is 0.417. The molecule has 0 heterocycles. The number of hydrogen-bond donors (Lipinski definition) is 0. The number of rotatable bonds is 8. The van der Waals surface area contributed by atoms with Crippen molar-refractivity contribution in [2.45, 2.75) is 20.3 Å². The van der Waals surface area contributed by atoms with Gasteiger partial charge < -0.3 is 9.57 Å². The molecule has 0 unspecified atom stereocenters. The van der Waals surface area contributed by atoms with E-state index in [1.54, 1.807) is 0 Å². The third-order valence-corrected chi connectivity index (χ3v) is 4.36. The third-order valence-electron chi connectivity index (χ3n) is 4.36. The van der Waals surface area contributed by atoms with Crippen LogP contribution in [-0.4, -0.2) is 18.9 Å². The van der Waals surface area contributed by atoms with Crippen molar-refractivity contribution >= 4 is 5.71 Å². The maximum atomic E-state index is 5.73. The topological polar surface area (TPSA) is 30.8 Å². The Bertz CT molecular complexity index is 870. The molecule has 0 spiro atoms. The second kappa shape index (κ2) is 9.58. The molecular weight excluding hydrogens is 334 g/mol. The molecule has 0 aliphatic heterocycles. The van der Waals surface area contributed by atoms with Crippen LogP contribution in [0.4, 0.5) is 0 Å². The van der Waals surface area contributed by atoms with Crippen molar-refractivity contribution < 1.29 is 9.57 Å². The van der Waals surface area contributed by atoms with E-state index in [1.807, 2.05) is 37.3 Å². The molecule has 3 aromatic carbocycles. The van der Waals surface area contributed by atoms with Gasteiger partial charge in [-0.15, -0.1) is 0 Å². The van der Waals surface area contributed by atoms with Crippen molar-refractivity contribution in [3.8, 4) is 16.9 Å². The zero-order valence-corrected chi connectivity index (χ0v) is 15.9. The van der Waals surface area contributed by atoms with Gasteiger partial charge in [0.15, 0.2) is 6.61 Å². The lowest BCUT2D eigenvalue weighted by molar-refractivity contribution is 0.106. The lowest BCUT2D eigenvalue weighted by Crippen LogP contribution is -2.07. The molecule has 3 aromatic rings. The van der Waals surface area contributed by atoms with Gasteiger partial charge in [-0.3, -0.25) is 0 Å². The summed E-state index contributed by atoms with van der Waals surface area (Å²) in [6, 6.07) is 26.7. The highest BCUT2D eigenvalue weighted by Gasteiger charge is 2.04. The van der Waals surface area contributed by atoms with E-state index < -0.39 is 0 Å². The largest absolute Gasteiger partial charge is 0.490 e. The van der Waals surface area contributed by atoms with Gasteiger partial charge in [0.25, 0.3) is 0 Å². The minimum absolute atomic E-state index is 0.417. The summed E-state index contributed by atoms with van der Waals surface area (Å²) in [4.78, 5) is 5.48. The van der Waals surface area contributed by atoms with Crippen LogP contribution >= 0.6 is 0 Å². The van der Waals surface area contributed by atoms with Crippen LogP contribution in [0.2, 0.25) is 0 Å². The first-order valence-electron chi connectivity index (χ1n) is 9.31. The highest BCUT2D eigenvalue weighted by molar-refractivity contribution is 6.00. The number of hydrogen-bond acceptors (Lipinski definition) is 3. The Morgan fingerprint density at radius 1 is 0.778 bits per heavy atom. The van der Waals surface area contributed by atoms with Crippen molar-refractivity contribution in [1.82, 2.24) is 0 Å². The van der Waals surface area contributed by atoms with Crippen LogP contribution in [0.15, 0.2) is 84.0 Å². The molecule has 0 atom stereocenters. The summed E-state index contributed by atoms with van der Waals surface area (Å²) in [6.45, 7) is 5.00. The molecule has 0 bridgehead atoms. The third kappa shape index (κ3) is 5.20. The van der Waals surface area contributed by atoms with E-state index in [4.69, 9.17) is 9.57 Å². The molecule has 0 amide bonds. The number of ether oxygens (including phenoxy) is 1. The van der Waals surface area contributed by atoms with Crippen LogP contribution in [0, 0.1) is 6.92 Å². The first-order valence-corrected chi connectivity index (χ1v) is 9.31. The summed E-state index contributed by atoms with van der Waals surface area (Å²) < 4.78 is 5.73. The first-order chi connectivity index (χ1) is 13.3. The lowest BCUT2D eigenvalue weighted by atomic mass is 10.0. The molecular formula is C24H25NO2. The summed E-state index contributed by atoms with van der Waals surface area (Å²) in [5.74, 6) is 0.886. The van der Waals surface area contributed by atoms with Crippen molar-refractivity contribution in [3.05, 3.63) is 90.0 Å². The van der Waals surface area contributed by atoms with Gasteiger partial charge in [-0.1, -0.05) is 84.9 Å². The Labute approximate surface area is 161 Å². The molecule has 3 rings (SSSR count). The quantitative estimate of drug-likeness (QED) is 0.286. The Morgan fingerprint density at radius 3 is 2.15 bits per heavy atom. The standard InChI is InChI=1S/C24H25NO2/c1-3-23(25-27-18-17-26-24-12-8-7-9-19(24)2)22-15-13-21(14-16-22)20-10-5-4-6-11-20/h4-16H,3,17-18H2,1-2H3/b25-23+. The second-order valence-corrected chi connectivity index (χ2v) is 6.28. The molecule has 0 aliphatic rings. The van der Waals surface area contributed by atoms with Gasteiger partial charge in [-0.25, -0.2) is 0 Å². The van der Waals surface area contributed by atoms with E-state index in [0.29, 0.717) is 13.2 Å². The smallest absolute Gasteiger partial charge is 0.151 e. The van der Waals surface area contributed by atoms with Gasteiger partial charge in [-0.2, -0.15) is 0 Å². The first kappa shape index (κ1) is 18.7. The molecule has 3 nitrogen and oxygen atoms in total.